The van der Waals surface area contributed by atoms with Gasteiger partial charge >= 0.3 is 0 Å². The molecule has 1 heterocycles. The smallest absolute Gasteiger partial charge is 0.251 e. The van der Waals surface area contributed by atoms with Gasteiger partial charge in [-0.3, -0.25) is 4.79 Å². The standard InChI is InChI=1S/C21H26N2O5S/c1-5-27-18-8-15-7-13(3)28-19(15)9-17(18)11-23-21(24)16-6-12(2)14(4)20(10-16)29(22,25)26/h6,8-10,13H,5,7,11H2,1-4H3,(H,23,24)(H2,22,25,26). The Balaban J connectivity index is 1.85. The number of carbonyl (C=O) groups excluding carboxylic acids is 1. The summed E-state index contributed by atoms with van der Waals surface area (Å²) < 4.78 is 35.2. The third kappa shape index (κ3) is 4.54. The highest BCUT2D eigenvalue weighted by Crippen LogP contribution is 2.35. The van der Waals surface area contributed by atoms with E-state index in [0.29, 0.717) is 23.5 Å². The summed E-state index contributed by atoms with van der Waals surface area (Å²) in [5, 5.41) is 8.12. The number of hydrogen-bond donors (Lipinski definition) is 2. The van der Waals surface area contributed by atoms with Crippen molar-refractivity contribution in [2.75, 3.05) is 6.61 Å². The number of amides is 1. The van der Waals surface area contributed by atoms with Crippen LogP contribution < -0.4 is 19.9 Å². The molecule has 0 spiro atoms. The molecule has 3 N–H and O–H groups in total. The summed E-state index contributed by atoms with van der Waals surface area (Å²) in [5.41, 5.74) is 3.33. The second-order valence-electron chi connectivity index (χ2n) is 7.28. The van der Waals surface area contributed by atoms with Crippen molar-refractivity contribution in [2.24, 2.45) is 5.14 Å². The summed E-state index contributed by atoms with van der Waals surface area (Å²) in [5.74, 6) is 1.11. The van der Waals surface area contributed by atoms with E-state index in [1.165, 1.54) is 6.07 Å². The number of benzene rings is 2. The maximum Gasteiger partial charge on any atom is 0.251 e. The Kier molecular flexibility index (Phi) is 5.86. The SMILES string of the molecule is CCOc1cc2c(cc1CNC(=O)c1cc(C)c(C)c(S(N)(=O)=O)c1)OC(C)C2. The lowest BCUT2D eigenvalue weighted by Gasteiger charge is -2.14. The molecule has 0 radical (unpaired) electrons. The predicted molar refractivity (Wildman–Crippen MR) is 110 cm³/mol. The van der Waals surface area contributed by atoms with Crippen LogP contribution in [0.4, 0.5) is 0 Å². The third-order valence-corrected chi connectivity index (χ3v) is 6.04. The highest BCUT2D eigenvalue weighted by Gasteiger charge is 2.22. The lowest BCUT2D eigenvalue weighted by Crippen LogP contribution is -2.24. The van der Waals surface area contributed by atoms with E-state index in [9.17, 15) is 13.2 Å². The van der Waals surface area contributed by atoms with Crippen molar-refractivity contribution in [1.82, 2.24) is 5.32 Å². The van der Waals surface area contributed by atoms with Gasteiger partial charge in [0.05, 0.1) is 11.5 Å². The fourth-order valence-corrected chi connectivity index (χ4v) is 4.32. The number of hydrogen-bond acceptors (Lipinski definition) is 5. The highest BCUT2D eigenvalue weighted by atomic mass is 32.2. The molecule has 7 nitrogen and oxygen atoms in total. The summed E-state index contributed by atoms with van der Waals surface area (Å²) in [7, 11) is -3.92. The molecule has 0 fully saturated rings. The lowest BCUT2D eigenvalue weighted by atomic mass is 10.0. The van der Waals surface area contributed by atoms with Gasteiger partial charge in [-0.1, -0.05) is 0 Å². The van der Waals surface area contributed by atoms with Crippen LogP contribution >= 0.6 is 0 Å². The van der Waals surface area contributed by atoms with Crippen molar-refractivity contribution < 1.29 is 22.7 Å². The fraction of sp³-hybridized carbons (Fsp3) is 0.381. The van der Waals surface area contributed by atoms with E-state index < -0.39 is 15.9 Å². The van der Waals surface area contributed by atoms with Gasteiger partial charge in [0.15, 0.2) is 0 Å². The lowest BCUT2D eigenvalue weighted by molar-refractivity contribution is 0.0950. The maximum atomic E-state index is 12.7. The normalized spacial score (nSPS) is 15.6. The van der Waals surface area contributed by atoms with E-state index in [-0.39, 0.29) is 23.1 Å². The van der Waals surface area contributed by atoms with Gasteiger partial charge < -0.3 is 14.8 Å². The van der Waals surface area contributed by atoms with Gasteiger partial charge in [-0.05, 0) is 63.1 Å². The molecule has 1 aliphatic rings. The molecule has 0 saturated carbocycles. The fourth-order valence-electron chi connectivity index (χ4n) is 3.44. The zero-order valence-electron chi connectivity index (χ0n) is 17.0. The van der Waals surface area contributed by atoms with E-state index in [1.807, 2.05) is 26.0 Å². The Morgan fingerprint density at radius 3 is 2.66 bits per heavy atom. The van der Waals surface area contributed by atoms with Crippen LogP contribution in [0, 0.1) is 13.8 Å². The molecular formula is C21H26N2O5S. The molecule has 0 bridgehead atoms. The number of sulfonamides is 1. The number of ether oxygens (including phenoxy) is 2. The predicted octanol–water partition coefficient (Wildman–Crippen LogP) is 2.60. The van der Waals surface area contributed by atoms with Gasteiger partial charge in [0.1, 0.15) is 17.6 Å². The van der Waals surface area contributed by atoms with Crippen molar-refractivity contribution >= 4 is 15.9 Å². The van der Waals surface area contributed by atoms with Gasteiger partial charge in [0.25, 0.3) is 5.91 Å². The number of fused-ring (bicyclic) bond motifs is 1. The van der Waals surface area contributed by atoms with Crippen LogP contribution in [-0.4, -0.2) is 27.0 Å². The summed E-state index contributed by atoms with van der Waals surface area (Å²) >= 11 is 0. The van der Waals surface area contributed by atoms with Gasteiger partial charge in [0.2, 0.25) is 10.0 Å². The van der Waals surface area contributed by atoms with Crippen LogP contribution in [0.1, 0.15) is 46.5 Å². The number of nitrogens with two attached hydrogens (primary N) is 1. The third-order valence-electron chi connectivity index (χ3n) is 5.01. The maximum absolute atomic E-state index is 12.7. The largest absolute Gasteiger partial charge is 0.494 e. The van der Waals surface area contributed by atoms with E-state index in [0.717, 1.165) is 23.3 Å². The van der Waals surface area contributed by atoms with Gasteiger partial charge in [0, 0.05) is 29.7 Å². The van der Waals surface area contributed by atoms with E-state index in [2.05, 4.69) is 5.32 Å². The molecule has 8 heteroatoms. The molecule has 1 atom stereocenters. The molecule has 29 heavy (non-hydrogen) atoms. The average molecular weight is 419 g/mol. The summed E-state index contributed by atoms with van der Waals surface area (Å²) in [4.78, 5) is 12.7. The first-order valence-electron chi connectivity index (χ1n) is 9.47. The Morgan fingerprint density at radius 2 is 2.00 bits per heavy atom. The molecule has 0 aromatic heterocycles. The highest BCUT2D eigenvalue weighted by molar-refractivity contribution is 7.89. The summed E-state index contributed by atoms with van der Waals surface area (Å²) in [6, 6.07) is 6.81. The van der Waals surface area contributed by atoms with Crippen molar-refractivity contribution in [3.63, 3.8) is 0 Å². The van der Waals surface area contributed by atoms with Crippen molar-refractivity contribution in [1.29, 1.82) is 0 Å². The number of nitrogens with one attached hydrogen (secondary N) is 1. The number of rotatable bonds is 6. The van der Waals surface area contributed by atoms with Crippen molar-refractivity contribution in [2.45, 2.75) is 51.7 Å². The van der Waals surface area contributed by atoms with E-state index >= 15 is 0 Å². The monoisotopic (exact) mass is 418 g/mol. The van der Waals surface area contributed by atoms with Crippen LogP contribution in [0.15, 0.2) is 29.2 Å². The minimum absolute atomic E-state index is 0.0439. The van der Waals surface area contributed by atoms with Crippen LogP contribution in [0.2, 0.25) is 0 Å². The first kappa shape index (κ1) is 21.1. The topological polar surface area (TPSA) is 108 Å². The van der Waals surface area contributed by atoms with Crippen LogP contribution in [0.5, 0.6) is 11.5 Å². The first-order valence-corrected chi connectivity index (χ1v) is 11.0. The average Bonchev–Trinajstić information content (AvgIpc) is 2.99. The number of primary sulfonamides is 1. The molecule has 0 saturated heterocycles. The molecule has 156 valence electrons. The Labute approximate surface area is 171 Å². The number of carbonyl (C=O) groups is 1. The molecular weight excluding hydrogens is 392 g/mol. The van der Waals surface area contributed by atoms with Crippen LogP contribution in [0.25, 0.3) is 0 Å². The summed E-state index contributed by atoms with van der Waals surface area (Å²) in [6.45, 7) is 8.04. The zero-order valence-corrected chi connectivity index (χ0v) is 17.9. The molecule has 1 unspecified atom stereocenters. The van der Waals surface area contributed by atoms with Gasteiger partial charge in [-0.15, -0.1) is 0 Å². The molecule has 0 aliphatic carbocycles. The summed E-state index contributed by atoms with van der Waals surface area (Å²) in [6.07, 6.45) is 0.928. The Bertz CT molecular complexity index is 1060. The molecule has 1 aliphatic heterocycles. The second kappa shape index (κ2) is 8.04. The van der Waals surface area contributed by atoms with E-state index in [1.54, 1.807) is 19.9 Å². The van der Waals surface area contributed by atoms with Crippen LogP contribution in [-0.2, 0) is 23.0 Å². The molecule has 2 aromatic rings. The molecule has 3 rings (SSSR count). The Hall–Kier alpha value is -2.58. The van der Waals surface area contributed by atoms with E-state index in [4.69, 9.17) is 14.6 Å². The minimum Gasteiger partial charge on any atom is -0.494 e. The Morgan fingerprint density at radius 1 is 1.28 bits per heavy atom. The molecule has 2 aromatic carbocycles. The van der Waals surface area contributed by atoms with Crippen molar-refractivity contribution in [3.8, 4) is 11.5 Å². The van der Waals surface area contributed by atoms with Crippen molar-refractivity contribution in [3.05, 3.63) is 52.1 Å². The van der Waals surface area contributed by atoms with Gasteiger partial charge in [-0.25, -0.2) is 13.6 Å². The first-order chi connectivity index (χ1) is 13.6. The van der Waals surface area contributed by atoms with Crippen LogP contribution in [0.3, 0.4) is 0 Å². The quantitative estimate of drug-likeness (QED) is 0.750. The molecule has 1 amide bonds. The second-order valence-corrected chi connectivity index (χ2v) is 8.81. The number of aryl methyl sites for hydroxylation is 1. The minimum atomic E-state index is -3.92. The zero-order chi connectivity index (χ0) is 21.3. The van der Waals surface area contributed by atoms with Gasteiger partial charge in [-0.2, -0.15) is 0 Å².